The summed E-state index contributed by atoms with van der Waals surface area (Å²) in [5, 5.41) is 0. The maximum absolute atomic E-state index is 10.5. The second-order valence-electron chi connectivity index (χ2n) is 1.78. The van der Waals surface area contributed by atoms with Crippen LogP contribution >= 0.6 is 0 Å². The Morgan fingerprint density at radius 3 is 1.56 bits per heavy atom. The maximum Gasteiger partial charge on any atom is 0.226 e. The molecule has 0 heterocycles. The van der Waals surface area contributed by atoms with Gasteiger partial charge in [-0.1, -0.05) is 0 Å². The van der Waals surface area contributed by atoms with Gasteiger partial charge in [0, 0.05) is 20.4 Å². The van der Waals surface area contributed by atoms with Crippen molar-refractivity contribution >= 4 is 11.8 Å². The lowest BCUT2D eigenvalue weighted by molar-refractivity contribution is -0.141. The Bertz CT molecular complexity index is 117. The van der Waals surface area contributed by atoms with Crippen molar-refractivity contribution in [1.82, 2.24) is 4.90 Å². The number of amides is 2. The molecule has 52 valence electrons. The van der Waals surface area contributed by atoms with E-state index in [1.165, 1.54) is 18.7 Å². The summed E-state index contributed by atoms with van der Waals surface area (Å²) in [6.45, 7) is 4.99. The highest BCUT2D eigenvalue weighted by molar-refractivity contribution is 5.92. The van der Waals surface area contributed by atoms with E-state index in [2.05, 4.69) is 0 Å². The molecule has 0 unspecified atom stereocenters. The monoisotopic (exact) mass is 129 g/mol. The van der Waals surface area contributed by atoms with Crippen LogP contribution in [0.4, 0.5) is 0 Å². The van der Waals surface area contributed by atoms with Crippen LogP contribution in [0.5, 0.6) is 0 Å². The summed E-state index contributed by atoms with van der Waals surface area (Å²) < 4.78 is 0. The van der Waals surface area contributed by atoms with Crippen LogP contribution in [0.3, 0.4) is 0 Å². The molecule has 0 saturated heterocycles. The quantitative estimate of drug-likeness (QED) is 0.514. The molecule has 0 saturated carbocycles. The average Bonchev–Trinajstić information content (AvgIpc) is 1.64. The first-order valence-electron chi connectivity index (χ1n) is 2.88. The zero-order valence-electron chi connectivity index (χ0n) is 5.97. The molecular weight excluding hydrogens is 118 g/mol. The lowest BCUT2D eigenvalue weighted by Gasteiger charge is -2.12. The Kier molecular flexibility index (Phi) is 2.91. The molecule has 3 nitrogen and oxygen atoms in total. The zero-order chi connectivity index (χ0) is 7.44. The van der Waals surface area contributed by atoms with Crippen molar-refractivity contribution in [3.05, 3.63) is 0 Å². The fourth-order valence-electron chi connectivity index (χ4n) is 0.667. The molecule has 0 bridgehead atoms. The lowest BCUT2D eigenvalue weighted by Crippen LogP contribution is -2.32. The van der Waals surface area contributed by atoms with Gasteiger partial charge in [-0.05, 0) is 6.92 Å². The number of nitrogens with zero attached hydrogens (tertiary/aromatic N) is 1. The van der Waals surface area contributed by atoms with Gasteiger partial charge in [-0.25, -0.2) is 0 Å². The highest BCUT2D eigenvalue weighted by Crippen LogP contribution is 1.87. The molecular formula is C6H11NO2. The highest BCUT2D eigenvalue weighted by Gasteiger charge is 2.08. The van der Waals surface area contributed by atoms with E-state index in [0.29, 0.717) is 6.54 Å². The minimum atomic E-state index is -0.190. The normalized spacial score (nSPS) is 8.78. The lowest BCUT2D eigenvalue weighted by atomic mass is 10.5. The topological polar surface area (TPSA) is 37.4 Å². The predicted octanol–water partition coefficient (Wildman–Crippen LogP) is 0.401. The molecule has 0 atom stereocenters. The Labute approximate surface area is 54.6 Å². The van der Waals surface area contributed by atoms with Gasteiger partial charge in [0.05, 0.1) is 0 Å². The molecule has 9 heavy (non-hydrogen) atoms. The van der Waals surface area contributed by atoms with Crippen molar-refractivity contribution in [2.24, 2.45) is 0 Å². The van der Waals surface area contributed by atoms with E-state index in [0.717, 1.165) is 0 Å². The molecule has 0 aromatic carbocycles. The number of carbonyl (C=O) groups is 2. The molecule has 0 spiro atoms. The van der Waals surface area contributed by atoms with Gasteiger partial charge in [-0.15, -0.1) is 0 Å². The minimum Gasteiger partial charge on any atom is -0.283 e. The second-order valence-corrected chi connectivity index (χ2v) is 1.78. The molecule has 0 aromatic heterocycles. The van der Waals surface area contributed by atoms with Gasteiger partial charge >= 0.3 is 0 Å². The van der Waals surface area contributed by atoms with Gasteiger partial charge in [-0.2, -0.15) is 0 Å². The Morgan fingerprint density at radius 1 is 1.22 bits per heavy atom. The number of rotatable bonds is 1. The van der Waals surface area contributed by atoms with E-state index in [4.69, 9.17) is 0 Å². The summed E-state index contributed by atoms with van der Waals surface area (Å²) in [5.74, 6) is -0.380. The van der Waals surface area contributed by atoms with Crippen molar-refractivity contribution in [2.75, 3.05) is 6.54 Å². The third-order valence-electron chi connectivity index (χ3n) is 1.08. The third kappa shape index (κ3) is 2.26. The molecule has 0 aromatic rings. The Hall–Kier alpha value is -0.860. The Morgan fingerprint density at radius 2 is 1.56 bits per heavy atom. The van der Waals surface area contributed by atoms with Gasteiger partial charge in [0.25, 0.3) is 0 Å². The summed E-state index contributed by atoms with van der Waals surface area (Å²) in [6.07, 6.45) is 0. The molecule has 0 fully saturated rings. The smallest absolute Gasteiger partial charge is 0.226 e. The molecule has 0 N–H and O–H groups in total. The van der Waals surface area contributed by atoms with E-state index in [1.54, 1.807) is 6.92 Å². The number of hydrogen-bond donors (Lipinski definition) is 0. The zero-order valence-corrected chi connectivity index (χ0v) is 5.97. The van der Waals surface area contributed by atoms with Crippen LogP contribution in [0, 0.1) is 0 Å². The maximum atomic E-state index is 10.5. The largest absolute Gasteiger partial charge is 0.283 e. The second kappa shape index (κ2) is 3.22. The number of carbonyl (C=O) groups excluding carboxylic acids is 2. The fraction of sp³-hybridized carbons (Fsp3) is 0.667. The van der Waals surface area contributed by atoms with Crippen molar-refractivity contribution in [3.63, 3.8) is 0 Å². The van der Waals surface area contributed by atoms with E-state index < -0.39 is 0 Å². The molecule has 0 rings (SSSR count). The van der Waals surface area contributed by atoms with Crippen LogP contribution in [-0.2, 0) is 9.59 Å². The molecule has 0 aliphatic heterocycles. The Balaban J connectivity index is 3.99. The van der Waals surface area contributed by atoms with Crippen molar-refractivity contribution in [3.8, 4) is 0 Å². The van der Waals surface area contributed by atoms with Crippen molar-refractivity contribution < 1.29 is 9.59 Å². The first-order valence-corrected chi connectivity index (χ1v) is 2.88. The summed E-state index contributed by atoms with van der Waals surface area (Å²) in [4.78, 5) is 22.2. The molecule has 0 aliphatic carbocycles. The fourth-order valence-corrected chi connectivity index (χ4v) is 0.667. The molecule has 0 aliphatic rings. The summed E-state index contributed by atoms with van der Waals surface area (Å²) in [6, 6.07) is 0. The van der Waals surface area contributed by atoms with Crippen LogP contribution in [-0.4, -0.2) is 23.3 Å². The van der Waals surface area contributed by atoms with E-state index >= 15 is 0 Å². The van der Waals surface area contributed by atoms with Gasteiger partial charge in [0.15, 0.2) is 0 Å². The van der Waals surface area contributed by atoms with Crippen LogP contribution in [0.25, 0.3) is 0 Å². The first kappa shape index (κ1) is 8.14. The van der Waals surface area contributed by atoms with Gasteiger partial charge in [-0.3, -0.25) is 14.5 Å². The number of imide groups is 1. The van der Waals surface area contributed by atoms with Crippen molar-refractivity contribution in [2.45, 2.75) is 20.8 Å². The minimum absolute atomic E-state index is 0.190. The molecule has 2 amide bonds. The summed E-state index contributed by atoms with van der Waals surface area (Å²) >= 11 is 0. The average molecular weight is 129 g/mol. The van der Waals surface area contributed by atoms with Crippen LogP contribution in [0.2, 0.25) is 0 Å². The molecule has 0 radical (unpaired) electrons. The van der Waals surface area contributed by atoms with Gasteiger partial charge < -0.3 is 0 Å². The van der Waals surface area contributed by atoms with Crippen LogP contribution in [0.1, 0.15) is 20.8 Å². The van der Waals surface area contributed by atoms with Crippen LogP contribution < -0.4 is 0 Å². The van der Waals surface area contributed by atoms with E-state index in [9.17, 15) is 9.59 Å². The SMILES string of the molecule is CCN(C(C)=O)C(C)=O. The summed E-state index contributed by atoms with van der Waals surface area (Å²) in [5.41, 5.74) is 0. The number of hydrogen-bond acceptors (Lipinski definition) is 2. The van der Waals surface area contributed by atoms with E-state index in [1.807, 2.05) is 0 Å². The first-order chi connectivity index (χ1) is 4.09. The van der Waals surface area contributed by atoms with Gasteiger partial charge in [0.2, 0.25) is 11.8 Å². The summed E-state index contributed by atoms with van der Waals surface area (Å²) in [7, 11) is 0. The molecule has 3 heteroatoms. The van der Waals surface area contributed by atoms with Crippen LogP contribution in [0.15, 0.2) is 0 Å². The van der Waals surface area contributed by atoms with Crippen molar-refractivity contribution in [1.29, 1.82) is 0 Å². The third-order valence-corrected chi connectivity index (χ3v) is 1.08. The predicted molar refractivity (Wildman–Crippen MR) is 33.7 cm³/mol. The van der Waals surface area contributed by atoms with E-state index in [-0.39, 0.29) is 11.8 Å². The van der Waals surface area contributed by atoms with Gasteiger partial charge in [0.1, 0.15) is 0 Å². The highest BCUT2D eigenvalue weighted by atomic mass is 16.2. The standard InChI is InChI=1S/C6H11NO2/c1-4-7(5(2)8)6(3)9/h4H2,1-3H3.